The molecule has 8 nitrogen and oxygen atoms in total. The second kappa shape index (κ2) is 8.93. The molecule has 10 heteroatoms. The van der Waals surface area contributed by atoms with Crippen molar-refractivity contribution in [2.45, 2.75) is 24.4 Å². The number of amides is 1. The number of carbonyl (C=O) groups is 1. The van der Waals surface area contributed by atoms with Gasteiger partial charge in [0.05, 0.1) is 29.2 Å². The van der Waals surface area contributed by atoms with Crippen molar-refractivity contribution >= 4 is 29.5 Å². The zero-order chi connectivity index (χ0) is 21.9. The highest BCUT2D eigenvalue weighted by Crippen LogP contribution is 2.36. The number of H-pyrrole nitrogens is 1. The highest BCUT2D eigenvalue weighted by atomic mass is 35.5. The number of ether oxygens (including phenoxy) is 1. The number of aromatic amines is 1. The lowest BCUT2D eigenvalue weighted by Crippen LogP contribution is -2.36. The van der Waals surface area contributed by atoms with Gasteiger partial charge in [-0.25, -0.2) is 19.7 Å². The third-order valence-electron chi connectivity index (χ3n) is 4.52. The first-order chi connectivity index (χ1) is 14.2. The highest BCUT2D eigenvalue weighted by Gasteiger charge is 2.28. The van der Waals surface area contributed by atoms with E-state index in [-0.39, 0.29) is 6.54 Å². The Morgan fingerprint density at radius 1 is 1.33 bits per heavy atom. The Morgan fingerprint density at radius 3 is 2.77 bits per heavy atom. The fourth-order valence-corrected chi connectivity index (χ4v) is 3.40. The predicted octanol–water partition coefficient (Wildman–Crippen LogP) is 4.46. The van der Waals surface area contributed by atoms with E-state index in [1.165, 1.54) is 11.8 Å². The Labute approximate surface area is 183 Å². The average molecular weight is 448 g/mol. The van der Waals surface area contributed by atoms with Gasteiger partial charge in [0, 0.05) is 23.7 Å². The van der Waals surface area contributed by atoms with Gasteiger partial charge in [-0.3, -0.25) is 0 Å². The Morgan fingerprint density at radius 2 is 2.10 bits per heavy atom. The molecule has 0 fully saturated rings. The molecule has 0 aliphatic rings. The summed E-state index contributed by atoms with van der Waals surface area (Å²) in [6.45, 7) is 4.01. The van der Waals surface area contributed by atoms with Gasteiger partial charge in [0.1, 0.15) is 11.6 Å². The summed E-state index contributed by atoms with van der Waals surface area (Å²) in [5, 5.41) is 12.6. The van der Waals surface area contributed by atoms with E-state index in [1.54, 1.807) is 25.4 Å². The van der Waals surface area contributed by atoms with Crippen molar-refractivity contribution in [1.82, 2.24) is 25.3 Å². The minimum Gasteiger partial charge on any atom is -0.495 e. The SMILES string of the molecule is COc1cc(-c2nc(C(C)(C)CNC(=O)O)[nH]c2-c2ccnc(SC)n2)ccc1Cl. The third-order valence-corrected chi connectivity index (χ3v) is 5.40. The highest BCUT2D eigenvalue weighted by molar-refractivity contribution is 7.98. The standard InChI is InChI=1S/C20H22ClN5O3S/c1-20(2,10-23-19(27)28)17-25-15(11-5-6-12(21)14(9-11)29-3)16(26-17)13-7-8-22-18(24-13)30-4/h5-9,23H,10H2,1-4H3,(H,25,26)(H,27,28). The molecule has 3 rings (SSSR count). The molecule has 0 unspecified atom stereocenters. The molecule has 2 aromatic heterocycles. The van der Waals surface area contributed by atoms with Gasteiger partial charge in [0.2, 0.25) is 0 Å². The average Bonchev–Trinajstić information content (AvgIpc) is 3.19. The molecule has 0 saturated heterocycles. The summed E-state index contributed by atoms with van der Waals surface area (Å²) in [4.78, 5) is 28.0. The Kier molecular flexibility index (Phi) is 6.52. The van der Waals surface area contributed by atoms with E-state index in [0.717, 1.165) is 5.56 Å². The van der Waals surface area contributed by atoms with Gasteiger partial charge in [-0.05, 0) is 24.5 Å². The Hall–Kier alpha value is -2.78. The summed E-state index contributed by atoms with van der Waals surface area (Å²) >= 11 is 7.63. The number of thioether (sulfide) groups is 1. The van der Waals surface area contributed by atoms with Crippen LogP contribution in [-0.4, -0.2) is 51.0 Å². The normalized spacial score (nSPS) is 11.4. The molecule has 3 N–H and O–H groups in total. The molecule has 0 atom stereocenters. The maximum Gasteiger partial charge on any atom is 0.404 e. The zero-order valence-electron chi connectivity index (χ0n) is 17.0. The van der Waals surface area contributed by atoms with E-state index >= 15 is 0 Å². The number of nitrogens with one attached hydrogen (secondary N) is 2. The molecule has 0 bridgehead atoms. The van der Waals surface area contributed by atoms with E-state index in [1.807, 2.05) is 32.2 Å². The largest absolute Gasteiger partial charge is 0.495 e. The lowest BCUT2D eigenvalue weighted by atomic mass is 9.92. The lowest BCUT2D eigenvalue weighted by molar-refractivity contribution is 0.191. The summed E-state index contributed by atoms with van der Waals surface area (Å²) in [6, 6.07) is 7.22. The van der Waals surface area contributed by atoms with Crippen molar-refractivity contribution < 1.29 is 14.6 Å². The van der Waals surface area contributed by atoms with Crippen LogP contribution in [0.2, 0.25) is 5.02 Å². The maximum absolute atomic E-state index is 11.0. The molecule has 1 aromatic carbocycles. The number of aromatic nitrogens is 4. The van der Waals surface area contributed by atoms with Gasteiger partial charge in [-0.2, -0.15) is 0 Å². The van der Waals surface area contributed by atoms with E-state index in [9.17, 15) is 4.79 Å². The fraction of sp³-hybridized carbons (Fsp3) is 0.300. The second-order valence-electron chi connectivity index (χ2n) is 7.13. The van der Waals surface area contributed by atoms with Gasteiger partial charge >= 0.3 is 6.09 Å². The number of hydrogen-bond acceptors (Lipinski definition) is 6. The number of rotatable bonds is 7. The summed E-state index contributed by atoms with van der Waals surface area (Å²) < 4.78 is 5.35. The van der Waals surface area contributed by atoms with Crippen molar-refractivity contribution in [3.63, 3.8) is 0 Å². The van der Waals surface area contributed by atoms with Crippen LogP contribution in [0.15, 0.2) is 35.6 Å². The minimum absolute atomic E-state index is 0.193. The number of imidazole rings is 1. The van der Waals surface area contributed by atoms with E-state index in [4.69, 9.17) is 26.4 Å². The first-order valence-electron chi connectivity index (χ1n) is 9.03. The van der Waals surface area contributed by atoms with Crippen molar-refractivity contribution in [3.8, 4) is 28.4 Å². The van der Waals surface area contributed by atoms with Gasteiger partial charge < -0.3 is 20.1 Å². The first-order valence-corrected chi connectivity index (χ1v) is 10.6. The molecule has 0 aliphatic carbocycles. The molecule has 0 saturated carbocycles. The molecule has 0 radical (unpaired) electrons. The van der Waals surface area contributed by atoms with E-state index < -0.39 is 11.5 Å². The van der Waals surface area contributed by atoms with Crippen LogP contribution in [-0.2, 0) is 5.41 Å². The predicted molar refractivity (Wildman–Crippen MR) is 117 cm³/mol. The van der Waals surface area contributed by atoms with Crippen molar-refractivity contribution in [3.05, 3.63) is 41.3 Å². The third kappa shape index (κ3) is 4.68. The monoisotopic (exact) mass is 447 g/mol. The molecular weight excluding hydrogens is 426 g/mol. The quantitative estimate of drug-likeness (QED) is 0.362. The molecular formula is C20H22ClN5O3S. The second-order valence-corrected chi connectivity index (χ2v) is 8.31. The molecule has 2 heterocycles. The zero-order valence-corrected chi connectivity index (χ0v) is 18.6. The van der Waals surface area contributed by atoms with Crippen LogP contribution in [0.4, 0.5) is 4.79 Å². The fourth-order valence-electron chi connectivity index (χ4n) is 2.85. The summed E-state index contributed by atoms with van der Waals surface area (Å²) in [7, 11) is 1.55. The summed E-state index contributed by atoms with van der Waals surface area (Å²) in [5.74, 6) is 1.16. The maximum atomic E-state index is 11.0. The van der Waals surface area contributed by atoms with Gasteiger partial charge in [-0.15, -0.1) is 0 Å². The van der Waals surface area contributed by atoms with Crippen LogP contribution < -0.4 is 10.1 Å². The minimum atomic E-state index is -1.09. The van der Waals surface area contributed by atoms with Gasteiger partial charge in [0.25, 0.3) is 0 Å². The molecule has 158 valence electrons. The van der Waals surface area contributed by atoms with Gasteiger partial charge in [-0.1, -0.05) is 43.3 Å². The number of halogens is 1. The number of carboxylic acid groups (broad SMARTS) is 1. The van der Waals surface area contributed by atoms with Crippen LogP contribution >= 0.6 is 23.4 Å². The Balaban J connectivity index is 2.16. The molecule has 1 amide bonds. The smallest absolute Gasteiger partial charge is 0.404 e. The Bertz CT molecular complexity index is 1070. The molecule has 30 heavy (non-hydrogen) atoms. The summed E-state index contributed by atoms with van der Waals surface area (Å²) in [5.41, 5.74) is 2.25. The van der Waals surface area contributed by atoms with Crippen molar-refractivity contribution in [2.24, 2.45) is 0 Å². The number of hydrogen-bond donors (Lipinski definition) is 3. The molecule has 0 aliphatic heterocycles. The van der Waals surface area contributed by atoms with Crippen LogP contribution in [0, 0.1) is 0 Å². The van der Waals surface area contributed by atoms with Crippen LogP contribution in [0.5, 0.6) is 5.75 Å². The molecule has 0 spiro atoms. The van der Waals surface area contributed by atoms with Crippen LogP contribution in [0.1, 0.15) is 19.7 Å². The number of benzene rings is 1. The topological polar surface area (TPSA) is 113 Å². The lowest BCUT2D eigenvalue weighted by Gasteiger charge is -2.21. The molecule has 3 aromatic rings. The van der Waals surface area contributed by atoms with Crippen LogP contribution in [0.3, 0.4) is 0 Å². The first kappa shape index (κ1) is 21.9. The number of nitrogens with zero attached hydrogens (tertiary/aromatic N) is 3. The van der Waals surface area contributed by atoms with Gasteiger partial charge in [0.15, 0.2) is 5.16 Å². The summed E-state index contributed by atoms with van der Waals surface area (Å²) in [6.07, 6.45) is 2.51. The van der Waals surface area contributed by atoms with Crippen molar-refractivity contribution in [2.75, 3.05) is 19.9 Å². The van der Waals surface area contributed by atoms with Crippen molar-refractivity contribution in [1.29, 1.82) is 0 Å². The van der Waals surface area contributed by atoms with E-state index in [2.05, 4.69) is 20.3 Å². The van der Waals surface area contributed by atoms with Crippen LogP contribution in [0.25, 0.3) is 22.6 Å². The van der Waals surface area contributed by atoms with E-state index in [0.29, 0.717) is 38.8 Å². The number of methoxy groups -OCH3 is 1.